The highest BCUT2D eigenvalue weighted by Gasteiger charge is 2.36. The van der Waals surface area contributed by atoms with Crippen molar-refractivity contribution in [3.8, 4) is 12.2 Å². The zero-order valence-electron chi connectivity index (χ0n) is 14.1. The molecule has 1 aliphatic rings. The van der Waals surface area contributed by atoms with Gasteiger partial charge in [0, 0.05) is 7.05 Å². The maximum Gasteiger partial charge on any atom is 0.323 e. The Hall–Kier alpha value is -3.74. The molecule has 0 saturated heterocycles. The van der Waals surface area contributed by atoms with E-state index in [2.05, 4.69) is 20.3 Å². The van der Waals surface area contributed by atoms with Gasteiger partial charge in [0.15, 0.2) is 6.19 Å². The van der Waals surface area contributed by atoms with Gasteiger partial charge in [-0.2, -0.15) is 20.2 Å². The minimum atomic E-state index is -0.473. The molecule has 0 atom stereocenters. The smallest absolute Gasteiger partial charge is 0.323 e. The zero-order chi connectivity index (χ0) is 18.7. The number of ether oxygens (including phenoxy) is 1. The number of nitrogens with one attached hydrogen (secondary N) is 1. The Bertz CT molecular complexity index is 874. The van der Waals surface area contributed by atoms with Crippen LogP contribution in [0.2, 0.25) is 0 Å². The van der Waals surface area contributed by atoms with Crippen molar-refractivity contribution in [2.75, 3.05) is 30.5 Å². The molecule has 132 valence electrons. The third kappa shape index (κ3) is 2.98. The van der Waals surface area contributed by atoms with Crippen LogP contribution in [0.1, 0.15) is 27.6 Å². The van der Waals surface area contributed by atoms with Crippen molar-refractivity contribution in [2.24, 2.45) is 0 Å². The monoisotopic (exact) mass is 353 g/mol. The van der Waals surface area contributed by atoms with Crippen LogP contribution in [0.3, 0.4) is 0 Å². The predicted molar refractivity (Wildman–Crippen MR) is 90.4 cm³/mol. The Morgan fingerprint density at radius 2 is 1.85 bits per heavy atom. The number of anilines is 2. The van der Waals surface area contributed by atoms with Crippen molar-refractivity contribution < 1.29 is 14.3 Å². The Morgan fingerprint density at radius 3 is 2.38 bits per heavy atom. The molecule has 0 spiro atoms. The molecule has 1 aromatic heterocycles. The summed E-state index contributed by atoms with van der Waals surface area (Å²) in [5.41, 5.74) is 0.605. The molecule has 10 heteroatoms. The summed E-state index contributed by atoms with van der Waals surface area (Å²) >= 11 is 0. The van der Waals surface area contributed by atoms with Crippen LogP contribution in [-0.4, -0.2) is 52.0 Å². The normalized spacial score (nSPS) is 12.6. The fourth-order valence-electron chi connectivity index (χ4n) is 2.42. The SMILES string of the molecule is CCOc1nc(NC)nc(N(C#N)CN2C(=O)c3ccccc3C2=O)n1. The second-order valence-electron chi connectivity index (χ2n) is 5.18. The van der Waals surface area contributed by atoms with Crippen LogP contribution in [-0.2, 0) is 0 Å². The standard InChI is InChI=1S/C16H15N7O3/c1-3-26-16-20-14(18-2)19-15(21-16)22(8-17)9-23-12(24)10-6-4-5-7-11(10)13(23)25/h4-7H,3,9H2,1-2H3,(H,18,19,20,21). The van der Waals surface area contributed by atoms with Gasteiger partial charge in [-0.15, -0.1) is 0 Å². The number of benzene rings is 1. The van der Waals surface area contributed by atoms with Crippen molar-refractivity contribution in [1.29, 1.82) is 5.26 Å². The van der Waals surface area contributed by atoms with Crippen molar-refractivity contribution >= 4 is 23.7 Å². The van der Waals surface area contributed by atoms with Gasteiger partial charge in [0.25, 0.3) is 11.8 Å². The number of aromatic nitrogens is 3. The molecule has 0 aliphatic carbocycles. The minimum Gasteiger partial charge on any atom is -0.464 e. The molecule has 2 aromatic rings. The maximum absolute atomic E-state index is 12.5. The number of hydrogen-bond donors (Lipinski definition) is 1. The van der Waals surface area contributed by atoms with Crippen LogP contribution in [0, 0.1) is 11.5 Å². The molecule has 1 aliphatic heterocycles. The second kappa shape index (κ2) is 7.02. The number of rotatable bonds is 6. The van der Waals surface area contributed by atoms with Gasteiger partial charge in [-0.25, -0.2) is 4.90 Å². The van der Waals surface area contributed by atoms with Crippen LogP contribution in [0.25, 0.3) is 0 Å². The number of carbonyl (C=O) groups is 2. The van der Waals surface area contributed by atoms with Gasteiger partial charge in [0.1, 0.15) is 6.67 Å². The fraction of sp³-hybridized carbons (Fsp3) is 0.250. The van der Waals surface area contributed by atoms with Gasteiger partial charge < -0.3 is 10.1 Å². The lowest BCUT2D eigenvalue weighted by molar-refractivity contribution is 0.0658. The molecule has 26 heavy (non-hydrogen) atoms. The zero-order valence-corrected chi connectivity index (χ0v) is 14.1. The Morgan fingerprint density at radius 1 is 1.19 bits per heavy atom. The van der Waals surface area contributed by atoms with Gasteiger partial charge in [-0.3, -0.25) is 14.5 Å². The number of nitrogens with zero attached hydrogens (tertiary/aromatic N) is 6. The van der Waals surface area contributed by atoms with E-state index in [0.717, 1.165) is 9.80 Å². The van der Waals surface area contributed by atoms with Crippen molar-refractivity contribution in [2.45, 2.75) is 6.92 Å². The predicted octanol–water partition coefficient (Wildman–Crippen LogP) is 0.853. The van der Waals surface area contributed by atoms with E-state index in [-0.39, 0.29) is 24.6 Å². The number of hydrogen-bond acceptors (Lipinski definition) is 9. The first-order chi connectivity index (χ1) is 12.6. The number of imide groups is 1. The van der Waals surface area contributed by atoms with Gasteiger partial charge in [0.05, 0.1) is 17.7 Å². The highest BCUT2D eigenvalue weighted by Crippen LogP contribution is 2.23. The van der Waals surface area contributed by atoms with Crippen LogP contribution in [0.5, 0.6) is 6.01 Å². The molecule has 2 amide bonds. The van der Waals surface area contributed by atoms with E-state index in [4.69, 9.17) is 4.74 Å². The quantitative estimate of drug-likeness (QED) is 0.457. The van der Waals surface area contributed by atoms with E-state index in [0.29, 0.717) is 17.7 Å². The van der Waals surface area contributed by atoms with Crippen molar-refractivity contribution in [1.82, 2.24) is 19.9 Å². The summed E-state index contributed by atoms with van der Waals surface area (Å²) in [5.74, 6) is -0.787. The molecule has 3 rings (SSSR count). The second-order valence-corrected chi connectivity index (χ2v) is 5.18. The average molecular weight is 353 g/mol. The summed E-state index contributed by atoms with van der Waals surface area (Å²) in [6, 6.07) is 6.53. The third-order valence-electron chi connectivity index (χ3n) is 3.62. The van der Waals surface area contributed by atoms with Crippen LogP contribution in [0.15, 0.2) is 24.3 Å². The number of fused-ring (bicyclic) bond motifs is 1. The van der Waals surface area contributed by atoms with Crippen molar-refractivity contribution in [3.05, 3.63) is 35.4 Å². The lowest BCUT2D eigenvalue weighted by Crippen LogP contribution is -2.40. The summed E-state index contributed by atoms with van der Waals surface area (Å²) in [5, 5.41) is 12.2. The summed E-state index contributed by atoms with van der Waals surface area (Å²) in [4.78, 5) is 39.1. The first-order valence-corrected chi connectivity index (χ1v) is 7.78. The molecule has 0 fully saturated rings. The first-order valence-electron chi connectivity index (χ1n) is 7.78. The van der Waals surface area contributed by atoms with E-state index in [1.54, 1.807) is 38.2 Å². The first kappa shape index (κ1) is 17.1. The average Bonchev–Trinajstić information content (AvgIpc) is 2.90. The summed E-state index contributed by atoms with van der Waals surface area (Å²) < 4.78 is 5.26. The molecule has 0 radical (unpaired) electrons. The fourth-order valence-corrected chi connectivity index (χ4v) is 2.42. The summed E-state index contributed by atoms with van der Waals surface area (Å²) in [7, 11) is 1.61. The molecule has 0 unspecified atom stereocenters. The summed E-state index contributed by atoms with van der Waals surface area (Å²) in [6.45, 7) is 1.78. The third-order valence-corrected chi connectivity index (χ3v) is 3.62. The van der Waals surface area contributed by atoms with E-state index in [9.17, 15) is 14.9 Å². The molecule has 1 N–H and O–H groups in total. The molecule has 0 saturated carbocycles. The topological polar surface area (TPSA) is 124 Å². The minimum absolute atomic E-state index is 0.0319. The van der Waals surface area contributed by atoms with Crippen LogP contribution < -0.4 is 15.0 Å². The van der Waals surface area contributed by atoms with Gasteiger partial charge >= 0.3 is 6.01 Å². The molecular formula is C16H15N7O3. The molecule has 10 nitrogen and oxygen atoms in total. The summed E-state index contributed by atoms with van der Waals surface area (Å²) in [6.07, 6.45) is 1.88. The van der Waals surface area contributed by atoms with Crippen LogP contribution >= 0.6 is 0 Å². The maximum atomic E-state index is 12.5. The number of nitriles is 1. The van der Waals surface area contributed by atoms with E-state index in [1.165, 1.54) is 0 Å². The largest absolute Gasteiger partial charge is 0.464 e. The van der Waals surface area contributed by atoms with Gasteiger partial charge in [0.2, 0.25) is 11.9 Å². The Kier molecular flexibility index (Phi) is 4.62. The molecular weight excluding hydrogens is 338 g/mol. The van der Waals surface area contributed by atoms with E-state index < -0.39 is 11.8 Å². The Labute approximate surface area is 149 Å². The van der Waals surface area contributed by atoms with E-state index >= 15 is 0 Å². The molecule has 1 aromatic carbocycles. The lowest BCUT2D eigenvalue weighted by atomic mass is 10.1. The van der Waals surface area contributed by atoms with Gasteiger partial charge in [-0.1, -0.05) is 12.1 Å². The lowest BCUT2D eigenvalue weighted by Gasteiger charge is -2.20. The highest BCUT2D eigenvalue weighted by atomic mass is 16.5. The van der Waals surface area contributed by atoms with Crippen LogP contribution in [0.4, 0.5) is 11.9 Å². The molecule has 0 bridgehead atoms. The van der Waals surface area contributed by atoms with E-state index in [1.807, 2.05) is 6.19 Å². The highest BCUT2D eigenvalue weighted by molar-refractivity contribution is 6.21. The number of carbonyl (C=O) groups excluding carboxylic acids is 2. The van der Waals surface area contributed by atoms with Gasteiger partial charge in [-0.05, 0) is 19.1 Å². The van der Waals surface area contributed by atoms with Crippen molar-refractivity contribution in [3.63, 3.8) is 0 Å². The Balaban J connectivity index is 1.90. The number of amides is 2. The molecule has 2 heterocycles.